The van der Waals surface area contributed by atoms with E-state index in [4.69, 9.17) is 9.26 Å². The van der Waals surface area contributed by atoms with Gasteiger partial charge >= 0.3 is 166 Å². The number of nitrogens with zero attached hydrogens (tertiary/aromatic N) is 1. The number of allylic oxidation sites excluding steroid dienone is 3. The molecule has 1 aliphatic heterocycles. The molecule has 0 bridgehead atoms. The van der Waals surface area contributed by atoms with Gasteiger partial charge in [0.05, 0.1) is 7.11 Å². The van der Waals surface area contributed by atoms with Crippen LogP contribution in [0.25, 0.3) is 6.08 Å². The average molecular weight is 589 g/mol. The Kier molecular flexibility index (Phi) is 10.4. The van der Waals surface area contributed by atoms with Crippen LogP contribution in [0.3, 0.4) is 0 Å². The predicted molar refractivity (Wildman–Crippen MR) is 114 cm³/mol. The Bertz CT molecular complexity index is 1050. The number of H-pyrrole nitrogens is 1. The van der Waals surface area contributed by atoms with Gasteiger partial charge in [0.1, 0.15) is 6.04 Å². The Hall–Kier alpha value is -0.729. The third-order valence-corrected chi connectivity index (χ3v) is 6.44. The SMILES string of the molecule is COC(=O)[C@H](C)NP(C)(=O)OCC1O[C@@H](n2cc(C=CC=C(C)[XeH])c(=O)[nH]c2=O)CC1O. The number of methoxy groups -OCH3 is 1. The first kappa shape index (κ1) is 27.5. The van der Waals surface area contributed by atoms with Crippen LogP contribution in [0.1, 0.15) is 32.1 Å². The van der Waals surface area contributed by atoms with Gasteiger partial charge in [-0.25, -0.2) is 5.09 Å². The normalized spacial score (nSPS) is 24.5. The summed E-state index contributed by atoms with van der Waals surface area (Å²) in [7, 11) is -2.19. The molecule has 11 nitrogen and oxygen atoms in total. The second-order valence-electron chi connectivity index (χ2n) is 7.31. The van der Waals surface area contributed by atoms with E-state index < -0.39 is 49.2 Å². The Labute approximate surface area is 217 Å². The van der Waals surface area contributed by atoms with Crippen LogP contribution in [0.15, 0.2) is 28.0 Å². The van der Waals surface area contributed by atoms with E-state index in [1.54, 1.807) is 18.2 Å². The number of aliphatic hydroxyl groups is 1. The third-order valence-electron chi connectivity index (χ3n) is 4.58. The van der Waals surface area contributed by atoms with Gasteiger partial charge < -0.3 is 4.74 Å². The molecule has 0 saturated carbocycles. The van der Waals surface area contributed by atoms with Gasteiger partial charge in [0.2, 0.25) is 0 Å². The first-order valence-corrected chi connectivity index (χ1v) is 12.9. The number of hydrogen-bond acceptors (Lipinski definition) is 8. The summed E-state index contributed by atoms with van der Waals surface area (Å²) in [5.74, 6) is -0.598. The molecule has 1 saturated heterocycles. The number of esters is 1. The van der Waals surface area contributed by atoms with Crippen molar-refractivity contribution in [3.05, 3.63) is 44.8 Å². The van der Waals surface area contributed by atoms with Gasteiger partial charge in [-0.05, 0) is 6.92 Å². The summed E-state index contributed by atoms with van der Waals surface area (Å²) in [4.78, 5) is 38.1. The zero-order valence-electron chi connectivity index (χ0n) is 18.1. The molecular weight excluding hydrogens is 560 g/mol. The Morgan fingerprint density at radius 3 is 2.84 bits per heavy atom. The molecule has 180 valence electrons. The van der Waals surface area contributed by atoms with Gasteiger partial charge in [-0.2, -0.15) is 0 Å². The zero-order valence-corrected chi connectivity index (χ0v) is 21.2. The van der Waals surface area contributed by atoms with Gasteiger partial charge in [-0.1, -0.05) is 0 Å². The van der Waals surface area contributed by atoms with Crippen LogP contribution in [0.2, 0.25) is 0 Å². The number of carbonyl (C=O) groups excluding carboxylic acids is 1. The summed E-state index contributed by atoms with van der Waals surface area (Å²) in [6, 6.07) is -0.852. The molecule has 3 N–H and O–H groups in total. The first-order valence-electron chi connectivity index (χ1n) is 9.70. The maximum absolute atomic E-state index is 12.6. The molecule has 1 aliphatic rings. The van der Waals surface area contributed by atoms with Crippen molar-refractivity contribution >= 4 is 19.6 Å². The van der Waals surface area contributed by atoms with E-state index >= 15 is 0 Å². The van der Waals surface area contributed by atoms with E-state index in [1.165, 1.54) is 31.5 Å². The van der Waals surface area contributed by atoms with Crippen molar-refractivity contribution in [3.63, 3.8) is 0 Å². The van der Waals surface area contributed by atoms with E-state index in [0.29, 0.717) is 0 Å². The molecule has 0 radical (unpaired) electrons. The fraction of sp³-hybridized carbons (Fsp3) is 0.526. The molecule has 32 heavy (non-hydrogen) atoms. The number of carbonyl (C=O) groups is 1. The van der Waals surface area contributed by atoms with Gasteiger partial charge in [0.25, 0.3) is 7.52 Å². The second kappa shape index (κ2) is 12.1. The number of ether oxygens (including phenoxy) is 2. The Morgan fingerprint density at radius 1 is 1.53 bits per heavy atom. The van der Waals surface area contributed by atoms with Crippen LogP contribution in [0.4, 0.5) is 0 Å². The number of aromatic amines is 1. The van der Waals surface area contributed by atoms with Gasteiger partial charge in [0, 0.05) is 6.66 Å². The fourth-order valence-corrected chi connectivity index (χ4v) is 4.51. The molecule has 0 aliphatic carbocycles. The van der Waals surface area contributed by atoms with E-state index in [2.05, 4.69) is 61.3 Å². The molecule has 2 rings (SSSR count). The van der Waals surface area contributed by atoms with Crippen LogP contribution < -0.4 is 16.3 Å². The minimum absolute atomic E-state index is 0.0654. The standard InChI is InChI=1S/C19H28N3O8PXe/c1-11(32)6-5-7-13-9-22(19(26)20-17(13)24)16-8-14(23)15(30-16)10-29-31(4,27)21-12(2)18(25)28-3/h5-7,9,12,14-16,23,32H,8,10H2,1-4H3,(H,21,27)(H,20,24,26)/t12-,14?,15?,16+,31?/m0/s1. The molecule has 3 unspecified atom stereocenters. The fourth-order valence-electron chi connectivity index (χ4n) is 2.99. The van der Waals surface area contributed by atoms with E-state index in [0.717, 1.165) is 0.0410 Å². The quantitative estimate of drug-likeness (QED) is 0.211. The van der Waals surface area contributed by atoms with Crippen LogP contribution in [0.5, 0.6) is 0 Å². The van der Waals surface area contributed by atoms with Crippen molar-refractivity contribution in [2.24, 2.45) is 0 Å². The monoisotopic (exact) mass is 589 g/mol. The summed E-state index contributed by atoms with van der Waals surface area (Å²) in [6.45, 7) is 4.43. The average Bonchev–Trinajstić information content (AvgIpc) is 3.07. The van der Waals surface area contributed by atoms with Crippen LogP contribution in [-0.4, -0.2) is 59.3 Å². The molecular formula is C19H28N3O8PXe. The topological polar surface area (TPSA) is 149 Å². The number of hydrogen-bond donors (Lipinski definition) is 3. The van der Waals surface area contributed by atoms with E-state index in [-0.39, 0.29) is 18.6 Å². The summed E-state index contributed by atoms with van der Waals surface area (Å²) in [5.41, 5.74) is -0.977. The summed E-state index contributed by atoms with van der Waals surface area (Å²) >= 11 is 2.13. The van der Waals surface area contributed by atoms with Crippen LogP contribution in [0, 0.1) is 46.5 Å². The van der Waals surface area contributed by atoms with Crippen LogP contribution >= 0.6 is 7.52 Å². The maximum atomic E-state index is 12.6. The van der Waals surface area contributed by atoms with Crippen molar-refractivity contribution in [1.29, 1.82) is 0 Å². The Morgan fingerprint density at radius 2 is 2.22 bits per heavy atom. The van der Waals surface area contributed by atoms with Crippen molar-refractivity contribution in [2.45, 2.75) is 44.7 Å². The minimum atomic E-state index is -3.40. The summed E-state index contributed by atoms with van der Waals surface area (Å²) in [5, 5.41) is 12.9. The van der Waals surface area contributed by atoms with E-state index in [1.807, 2.05) is 6.92 Å². The molecule has 0 aromatic carbocycles. The van der Waals surface area contributed by atoms with Crippen molar-refractivity contribution in [3.8, 4) is 0 Å². The number of rotatable bonds is 9. The summed E-state index contributed by atoms with van der Waals surface area (Å²) < 4.78 is 30.4. The van der Waals surface area contributed by atoms with Gasteiger partial charge in [0.15, 0.2) is 0 Å². The van der Waals surface area contributed by atoms with Gasteiger partial charge in [-0.3, -0.25) is 9.36 Å². The molecule has 5 atom stereocenters. The molecule has 1 aromatic rings. The number of nitrogens with one attached hydrogen (secondary N) is 2. The number of aromatic nitrogens is 2. The molecule has 2 heterocycles. The molecule has 13 heteroatoms. The van der Waals surface area contributed by atoms with Crippen molar-refractivity contribution < 1.29 is 75.0 Å². The first-order chi connectivity index (χ1) is 14.9. The summed E-state index contributed by atoms with van der Waals surface area (Å²) in [6.07, 6.45) is 3.75. The Balaban J connectivity index is 2.09. The van der Waals surface area contributed by atoms with Crippen molar-refractivity contribution in [1.82, 2.24) is 14.6 Å². The predicted octanol–water partition coefficient (Wildman–Crippen LogP) is 0.374. The van der Waals surface area contributed by atoms with Gasteiger partial charge in [-0.15, -0.1) is 0 Å². The third kappa shape index (κ3) is 7.94. The molecule has 0 amide bonds. The van der Waals surface area contributed by atoms with Crippen LogP contribution in [-0.2, 0) is 23.4 Å². The molecule has 1 fully saturated rings. The second-order valence-corrected chi connectivity index (χ2v) is 11.2. The number of aliphatic hydroxyl groups excluding tert-OH is 1. The molecule has 1 aromatic heterocycles. The molecule has 0 spiro atoms. The van der Waals surface area contributed by atoms with E-state index in [9.17, 15) is 24.1 Å². The van der Waals surface area contributed by atoms with Crippen molar-refractivity contribution in [2.75, 3.05) is 20.4 Å². The zero-order chi connectivity index (χ0) is 24.1.